The number of hydrogen-bond donors (Lipinski definition) is 0. The van der Waals surface area contributed by atoms with E-state index in [1.165, 1.54) is 12.1 Å². The van der Waals surface area contributed by atoms with Crippen molar-refractivity contribution in [1.29, 1.82) is 0 Å². The zero-order valence-electron chi connectivity index (χ0n) is 9.77. The molecule has 0 aliphatic carbocycles. The van der Waals surface area contributed by atoms with E-state index < -0.39 is 0 Å². The van der Waals surface area contributed by atoms with Gasteiger partial charge in [0.15, 0.2) is 5.69 Å². The van der Waals surface area contributed by atoms with Gasteiger partial charge >= 0.3 is 0 Å². The number of halogens is 2. The van der Waals surface area contributed by atoms with E-state index in [1.807, 2.05) is 40.5 Å². The molecular formula is C14H11ClFN2+. The summed E-state index contributed by atoms with van der Waals surface area (Å²) in [4.78, 5) is 0. The van der Waals surface area contributed by atoms with E-state index in [2.05, 4.69) is 0 Å². The topological polar surface area (TPSA) is 9.03 Å². The van der Waals surface area contributed by atoms with Gasteiger partial charge in [0.25, 0.3) is 5.65 Å². The molecule has 0 spiro atoms. The molecular weight excluding hydrogens is 251 g/mol. The van der Waals surface area contributed by atoms with Gasteiger partial charge in [-0.15, -0.1) is 0 Å². The van der Waals surface area contributed by atoms with Gasteiger partial charge in [0.2, 0.25) is 0 Å². The van der Waals surface area contributed by atoms with Crippen molar-refractivity contribution in [3.8, 4) is 11.3 Å². The minimum atomic E-state index is -0.229. The smallest absolute Gasteiger partial charge is 0.226 e. The van der Waals surface area contributed by atoms with Crippen LogP contribution < -0.4 is 4.40 Å². The van der Waals surface area contributed by atoms with E-state index in [0.29, 0.717) is 5.02 Å². The van der Waals surface area contributed by atoms with Crippen molar-refractivity contribution in [3.63, 3.8) is 0 Å². The van der Waals surface area contributed by atoms with E-state index in [1.54, 1.807) is 12.1 Å². The SMILES string of the molecule is Cn1c(-c2ccc(F)cc2)c[n+]2cc(Cl)ccc12. The molecule has 0 saturated carbocycles. The Bertz CT molecular complexity index is 716. The fourth-order valence-electron chi connectivity index (χ4n) is 2.10. The predicted octanol–water partition coefficient (Wildman–Crippen LogP) is 3.22. The van der Waals surface area contributed by atoms with Crippen LogP contribution >= 0.6 is 11.6 Å². The molecule has 18 heavy (non-hydrogen) atoms. The van der Waals surface area contributed by atoms with Crippen molar-refractivity contribution in [2.45, 2.75) is 0 Å². The zero-order chi connectivity index (χ0) is 12.7. The Kier molecular flexibility index (Phi) is 2.56. The van der Waals surface area contributed by atoms with Gasteiger partial charge in [-0.2, -0.15) is 0 Å². The second-order valence-electron chi connectivity index (χ2n) is 4.19. The predicted molar refractivity (Wildman–Crippen MR) is 69.0 cm³/mol. The van der Waals surface area contributed by atoms with Gasteiger partial charge in [-0.1, -0.05) is 11.6 Å². The van der Waals surface area contributed by atoms with Crippen molar-refractivity contribution in [2.24, 2.45) is 7.05 Å². The summed E-state index contributed by atoms with van der Waals surface area (Å²) in [6.07, 6.45) is 3.83. The summed E-state index contributed by atoms with van der Waals surface area (Å²) in [5, 5.41) is 0.684. The highest BCUT2D eigenvalue weighted by Crippen LogP contribution is 2.20. The van der Waals surface area contributed by atoms with Crippen LogP contribution in [0.5, 0.6) is 0 Å². The highest BCUT2D eigenvalue weighted by Gasteiger charge is 2.15. The average Bonchev–Trinajstić information content (AvgIpc) is 2.67. The number of hydrogen-bond acceptors (Lipinski definition) is 0. The summed E-state index contributed by atoms with van der Waals surface area (Å²) >= 11 is 5.97. The number of nitrogens with zero attached hydrogens (tertiary/aromatic N) is 2. The van der Waals surface area contributed by atoms with Crippen LogP contribution in [0.4, 0.5) is 4.39 Å². The minimum Gasteiger partial charge on any atom is -0.226 e. The van der Waals surface area contributed by atoms with Crippen LogP contribution in [-0.4, -0.2) is 4.57 Å². The van der Waals surface area contributed by atoms with Gasteiger partial charge < -0.3 is 0 Å². The molecule has 2 aromatic heterocycles. The molecule has 1 aromatic carbocycles. The summed E-state index contributed by atoms with van der Waals surface area (Å²) in [6.45, 7) is 0. The maximum Gasteiger partial charge on any atom is 0.286 e. The van der Waals surface area contributed by atoms with Crippen LogP contribution in [0, 0.1) is 5.82 Å². The lowest BCUT2D eigenvalue weighted by Crippen LogP contribution is -2.17. The molecule has 0 aliphatic rings. The number of pyridine rings is 1. The molecule has 0 fully saturated rings. The Morgan fingerprint density at radius 2 is 1.78 bits per heavy atom. The molecule has 3 rings (SSSR count). The van der Waals surface area contributed by atoms with Gasteiger partial charge in [-0.25, -0.2) is 13.4 Å². The molecule has 0 radical (unpaired) electrons. The number of benzene rings is 1. The lowest BCUT2D eigenvalue weighted by atomic mass is 10.2. The Morgan fingerprint density at radius 1 is 1.06 bits per heavy atom. The number of aromatic nitrogens is 2. The summed E-state index contributed by atoms with van der Waals surface area (Å²) in [6, 6.07) is 10.3. The molecule has 0 saturated heterocycles. The van der Waals surface area contributed by atoms with Crippen molar-refractivity contribution < 1.29 is 8.79 Å². The van der Waals surface area contributed by atoms with Crippen LogP contribution in [0.25, 0.3) is 16.9 Å². The zero-order valence-corrected chi connectivity index (χ0v) is 10.5. The molecule has 0 amide bonds. The third-order valence-corrected chi connectivity index (χ3v) is 3.25. The van der Waals surface area contributed by atoms with Crippen LogP contribution in [-0.2, 0) is 7.05 Å². The molecule has 4 heteroatoms. The summed E-state index contributed by atoms with van der Waals surface area (Å²) in [7, 11) is 1.97. The van der Waals surface area contributed by atoms with Crippen LogP contribution in [0.1, 0.15) is 0 Å². The standard InChI is InChI=1S/C14H11ClFN2/c1-17-13(10-2-5-12(16)6-3-10)9-18-8-11(15)4-7-14(17)18/h2-9H,1H3/q+1. The second-order valence-corrected chi connectivity index (χ2v) is 4.63. The first-order valence-electron chi connectivity index (χ1n) is 5.57. The molecule has 0 N–H and O–H groups in total. The first-order chi connectivity index (χ1) is 8.65. The molecule has 0 bridgehead atoms. The normalized spacial score (nSPS) is 11.1. The molecule has 0 unspecified atom stereocenters. The molecule has 0 atom stereocenters. The van der Waals surface area contributed by atoms with Gasteiger partial charge in [-0.3, -0.25) is 0 Å². The maximum atomic E-state index is 12.9. The number of aryl methyl sites for hydroxylation is 1. The minimum absolute atomic E-state index is 0.229. The van der Waals surface area contributed by atoms with E-state index in [-0.39, 0.29) is 5.82 Å². The second kappa shape index (κ2) is 4.10. The quantitative estimate of drug-likeness (QED) is 0.595. The molecule has 0 aliphatic heterocycles. The lowest BCUT2D eigenvalue weighted by molar-refractivity contribution is -0.510. The van der Waals surface area contributed by atoms with Crippen molar-refractivity contribution in [1.82, 2.24) is 4.57 Å². The summed E-state index contributed by atoms with van der Waals surface area (Å²) < 4.78 is 16.9. The Hall–Kier alpha value is -1.87. The molecule has 90 valence electrons. The molecule has 3 aromatic rings. The number of fused-ring (bicyclic) bond motifs is 1. The third kappa shape index (κ3) is 1.77. The third-order valence-electron chi connectivity index (χ3n) is 3.02. The first kappa shape index (κ1) is 11.2. The summed E-state index contributed by atoms with van der Waals surface area (Å²) in [5.41, 5.74) is 3.01. The van der Waals surface area contributed by atoms with Crippen LogP contribution in [0.3, 0.4) is 0 Å². The monoisotopic (exact) mass is 261 g/mol. The van der Waals surface area contributed by atoms with E-state index >= 15 is 0 Å². The first-order valence-corrected chi connectivity index (χ1v) is 5.95. The lowest BCUT2D eigenvalue weighted by Gasteiger charge is -1.96. The van der Waals surface area contributed by atoms with Gasteiger partial charge in [0, 0.05) is 11.6 Å². The highest BCUT2D eigenvalue weighted by molar-refractivity contribution is 6.30. The van der Waals surface area contributed by atoms with Gasteiger partial charge in [0.05, 0.1) is 12.1 Å². The Morgan fingerprint density at radius 3 is 2.50 bits per heavy atom. The average molecular weight is 262 g/mol. The van der Waals surface area contributed by atoms with E-state index in [4.69, 9.17) is 11.6 Å². The summed E-state index contributed by atoms with van der Waals surface area (Å²) in [5.74, 6) is -0.229. The number of imidazole rings is 1. The Balaban J connectivity index is 2.23. The van der Waals surface area contributed by atoms with Crippen LogP contribution in [0.15, 0.2) is 48.8 Å². The van der Waals surface area contributed by atoms with Crippen molar-refractivity contribution in [3.05, 3.63) is 59.6 Å². The van der Waals surface area contributed by atoms with Gasteiger partial charge in [-0.05, 0) is 30.3 Å². The largest absolute Gasteiger partial charge is 0.286 e. The fourth-order valence-corrected chi connectivity index (χ4v) is 2.27. The maximum absolute atomic E-state index is 12.9. The highest BCUT2D eigenvalue weighted by atomic mass is 35.5. The van der Waals surface area contributed by atoms with Crippen LogP contribution in [0.2, 0.25) is 5.02 Å². The van der Waals surface area contributed by atoms with Crippen molar-refractivity contribution in [2.75, 3.05) is 0 Å². The fraction of sp³-hybridized carbons (Fsp3) is 0.0714. The van der Waals surface area contributed by atoms with E-state index in [9.17, 15) is 4.39 Å². The van der Waals surface area contributed by atoms with Crippen molar-refractivity contribution >= 4 is 17.2 Å². The Labute approximate surface area is 109 Å². The van der Waals surface area contributed by atoms with E-state index in [0.717, 1.165) is 16.9 Å². The van der Waals surface area contributed by atoms with Gasteiger partial charge in [0.1, 0.15) is 18.2 Å². The molecule has 2 nitrogen and oxygen atoms in total. The molecule has 2 heterocycles. The number of rotatable bonds is 1.